The van der Waals surface area contributed by atoms with Gasteiger partial charge in [-0.3, -0.25) is 4.79 Å². The van der Waals surface area contributed by atoms with Gasteiger partial charge in [-0.25, -0.2) is 4.79 Å². The summed E-state index contributed by atoms with van der Waals surface area (Å²) in [5, 5.41) is 0. The minimum Gasteiger partial charge on any atom is -0.334 e. The van der Waals surface area contributed by atoms with E-state index in [2.05, 4.69) is 6.58 Å². The van der Waals surface area contributed by atoms with Gasteiger partial charge >= 0.3 is 6.03 Å². The highest BCUT2D eigenvalue weighted by molar-refractivity contribution is 7.16. The topological polar surface area (TPSA) is 43.9 Å². The van der Waals surface area contributed by atoms with Crippen molar-refractivity contribution in [3.05, 3.63) is 34.0 Å². The molecule has 2 fully saturated rings. The van der Waals surface area contributed by atoms with Gasteiger partial charge in [0.05, 0.1) is 16.8 Å². The van der Waals surface area contributed by atoms with Gasteiger partial charge in [0.1, 0.15) is 0 Å². The van der Waals surface area contributed by atoms with Crippen molar-refractivity contribution < 1.29 is 9.59 Å². The predicted octanol–water partition coefficient (Wildman–Crippen LogP) is 3.84. The fourth-order valence-electron chi connectivity index (χ4n) is 3.73. The predicted molar refractivity (Wildman–Crippen MR) is 105 cm³/mol. The summed E-state index contributed by atoms with van der Waals surface area (Å²) in [6, 6.07) is 3.91. The second-order valence-corrected chi connectivity index (χ2v) is 8.77. The van der Waals surface area contributed by atoms with Crippen molar-refractivity contribution in [1.29, 1.82) is 0 Å². The second-order valence-electron chi connectivity index (χ2n) is 6.98. The largest absolute Gasteiger partial charge is 0.334 e. The lowest BCUT2D eigenvalue weighted by Gasteiger charge is -2.36. The molecule has 5 nitrogen and oxygen atoms in total. The van der Waals surface area contributed by atoms with E-state index in [1.165, 1.54) is 11.3 Å². The molecular formula is C19H26ClN3O2S. The van der Waals surface area contributed by atoms with Gasteiger partial charge in [-0.05, 0) is 37.8 Å². The van der Waals surface area contributed by atoms with Gasteiger partial charge in [0.15, 0.2) is 0 Å². The minimum absolute atomic E-state index is 0.0975. The van der Waals surface area contributed by atoms with Crippen LogP contribution in [0.3, 0.4) is 0 Å². The Balaban J connectivity index is 1.63. The molecule has 1 aromatic heterocycles. The number of thiophene rings is 1. The van der Waals surface area contributed by atoms with Crippen LogP contribution in [0, 0.1) is 5.92 Å². The average molecular weight is 396 g/mol. The third-order valence-corrected chi connectivity index (χ3v) is 6.27. The SMILES string of the molecule is C=CCN(Cc1ccc(Cl)s1)C(=O)[C@@H]1CCCN(C(=O)N2CCCC2)C1. The molecule has 26 heavy (non-hydrogen) atoms. The molecule has 0 unspecified atom stereocenters. The first-order valence-electron chi connectivity index (χ1n) is 9.26. The summed E-state index contributed by atoms with van der Waals surface area (Å²) < 4.78 is 0.728. The first-order chi connectivity index (χ1) is 12.6. The van der Waals surface area contributed by atoms with Crippen molar-refractivity contribution in [3.8, 4) is 0 Å². The van der Waals surface area contributed by atoms with Crippen LogP contribution >= 0.6 is 22.9 Å². The molecule has 142 valence electrons. The molecule has 2 saturated heterocycles. The Kier molecular flexibility index (Phi) is 6.59. The van der Waals surface area contributed by atoms with Crippen molar-refractivity contribution in [1.82, 2.24) is 14.7 Å². The van der Waals surface area contributed by atoms with Crippen LogP contribution in [0.5, 0.6) is 0 Å². The Bertz CT molecular complexity index is 657. The van der Waals surface area contributed by atoms with Crippen molar-refractivity contribution in [2.24, 2.45) is 5.92 Å². The van der Waals surface area contributed by atoms with E-state index >= 15 is 0 Å². The molecule has 3 heterocycles. The van der Waals surface area contributed by atoms with E-state index in [0.29, 0.717) is 19.6 Å². The summed E-state index contributed by atoms with van der Waals surface area (Å²) in [5.41, 5.74) is 0. The molecule has 3 amide bonds. The maximum Gasteiger partial charge on any atom is 0.320 e. The highest BCUT2D eigenvalue weighted by Gasteiger charge is 2.33. The van der Waals surface area contributed by atoms with E-state index in [4.69, 9.17) is 11.6 Å². The van der Waals surface area contributed by atoms with Crippen molar-refractivity contribution >= 4 is 34.9 Å². The zero-order valence-electron chi connectivity index (χ0n) is 15.0. The molecule has 0 aliphatic carbocycles. The summed E-state index contributed by atoms with van der Waals surface area (Å²) in [7, 11) is 0. The lowest BCUT2D eigenvalue weighted by atomic mass is 9.96. The zero-order valence-corrected chi connectivity index (χ0v) is 16.6. The molecule has 3 rings (SSSR count). The Morgan fingerprint density at radius 1 is 1.23 bits per heavy atom. The van der Waals surface area contributed by atoms with Gasteiger partial charge in [0.2, 0.25) is 5.91 Å². The van der Waals surface area contributed by atoms with Gasteiger partial charge in [-0.1, -0.05) is 17.7 Å². The lowest BCUT2D eigenvalue weighted by Crippen LogP contribution is -2.50. The Morgan fingerprint density at radius 3 is 2.62 bits per heavy atom. The molecular weight excluding hydrogens is 370 g/mol. The number of piperidine rings is 1. The van der Waals surface area contributed by atoms with E-state index < -0.39 is 0 Å². The lowest BCUT2D eigenvalue weighted by molar-refractivity contribution is -0.137. The van der Waals surface area contributed by atoms with E-state index in [1.54, 1.807) is 6.08 Å². The smallest absolute Gasteiger partial charge is 0.320 e. The third-order valence-electron chi connectivity index (χ3n) is 5.05. The van der Waals surface area contributed by atoms with Crippen LogP contribution < -0.4 is 0 Å². The van der Waals surface area contributed by atoms with E-state index in [9.17, 15) is 9.59 Å². The van der Waals surface area contributed by atoms with Crippen LogP contribution in [-0.2, 0) is 11.3 Å². The first-order valence-corrected chi connectivity index (χ1v) is 10.5. The monoisotopic (exact) mass is 395 g/mol. The van der Waals surface area contributed by atoms with Crippen LogP contribution in [0.4, 0.5) is 4.79 Å². The second kappa shape index (κ2) is 8.91. The molecule has 1 aromatic rings. The van der Waals surface area contributed by atoms with Crippen molar-refractivity contribution in [2.75, 3.05) is 32.7 Å². The number of likely N-dealkylation sites (tertiary alicyclic amines) is 2. The number of rotatable bonds is 5. The van der Waals surface area contributed by atoms with Crippen molar-refractivity contribution in [3.63, 3.8) is 0 Å². The Labute approximate surface area is 164 Å². The van der Waals surface area contributed by atoms with E-state index in [-0.39, 0.29) is 17.9 Å². The highest BCUT2D eigenvalue weighted by Crippen LogP contribution is 2.25. The third kappa shape index (κ3) is 4.60. The van der Waals surface area contributed by atoms with Gasteiger partial charge in [0, 0.05) is 37.6 Å². The number of nitrogens with zero attached hydrogens (tertiary/aromatic N) is 3. The van der Waals surface area contributed by atoms with Gasteiger partial charge < -0.3 is 14.7 Å². The summed E-state index contributed by atoms with van der Waals surface area (Å²) in [6.45, 7) is 7.79. The molecule has 2 aliphatic heterocycles. The van der Waals surface area contributed by atoms with E-state index in [1.807, 2.05) is 26.8 Å². The summed E-state index contributed by atoms with van der Waals surface area (Å²) in [6.07, 6.45) is 5.63. The molecule has 1 atom stereocenters. The number of halogens is 1. The number of carbonyl (C=O) groups excluding carboxylic acids is 2. The number of hydrogen-bond donors (Lipinski definition) is 0. The number of amides is 3. The maximum absolute atomic E-state index is 13.1. The number of hydrogen-bond acceptors (Lipinski definition) is 3. The Morgan fingerprint density at radius 2 is 1.96 bits per heavy atom. The minimum atomic E-state index is -0.134. The first kappa shape index (κ1) is 19.2. The van der Waals surface area contributed by atoms with Gasteiger partial charge in [0.25, 0.3) is 0 Å². The molecule has 0 N–H and O–H groups in total. The molecule has 0 bridgehead atoms. The normalized spacial score (nSPS) is 20.3. The summed E-state index contributed by atoms with van der Waals surface area (Å²) in [4.78, 5) is 32.4. The van der Waals surface area contributed by atoms with Crippen LogP contribution in [0.25, 0.3) is 0 Å². The van der Waals surface area contributed by atoms with Gasteiger partial charge in [-0.15, -0.1) is 17.9 Å². The fourth-order valence-corrected chi connectivity index (χ4v) is 4.84. The molecule has 0 saturated carbocycles. The zero-order chi connectivity index (χ0) is 18.5. The average Bonchev–Trinajstić information content (AvgIpc) is 3.32. The molecule has 2 aliphatic rings. The molecule has 0 aromatic carbocycles. The standard InChI is InChI=1S/C19H26ClN3O2S/c1-2-9-22(14-16-7-8-17(20)26-16)18(24)15-6-5-12-23(13-15)19(25)21-10-3-4-11-21/h2,7-8,15H,1,3-6,9-14H2/t15-/m1/s1. The summed E-state index contributed by atoms with van der Waals surface area (Å²) >= 11 is 7.51. The highest BCUT2D eigenvalue weighted by atomic mass is 35.5. The van der Waals surface area contributed by atoms with Crippen LogP contribution in [0.15, 0.2) is 24.8 Å². The van der Waals surface area contributed by atoms with Crippen LogP contribution in [0.2, 0.25) is 4.34 Å². The number of carbonyl (C=O) groups is 2. The maximum atomic E-state index is 13.1. The summed E-state index contributed by atoms with van der Waals surface area (Å²) in [5.74, 6) is -0.0287. The fraction of sp³-hybridized carbons (Fsp3) is 0.579. The molecule has 7 heteroatoms. The van der Waals surface area contributed by atoms with Crippen molar-refractivity contribution in [2.45, 2.75) is 32.2 Å². The number of urea groups is 1. The van der Waals surface area contributed by atoms with Crippen LogP contribution in [0.1, 0.15) is 30.6 Å². The Hall–Kier alpha value is -1.53. The molecule has 0 radical (unpaired) electrons. The quantitative estimate of drug-likeness (QED) is 0.711. The van der Waals surface area contributed by atoms with E-state index in [0.717, 1.165) is 54.5 Å². The van der Waals surface area contributed by atoms with Gasteiger partial charge in [-0.2, -0.15) is 0 Å². The van der Waals surface area contributed by atoms with Crippen LogP contribution in [-0.4, -0.2) is 59.4 Å². The molecule has 0 spiro atoms.